The fraction of sp³-hybridized carbons (Fsp3) is 0. The van der Waals surface area contributed by atoms with Gasteiger partial charge in [-0.25, -0.2) is 4.98 Å². The summed E-state index contributed by atoms with van der Waals surface area (Å²) in [6.07, 6.45) is 2.01. The quantitative estimate of drug-likeness (QED) is 0.158. The number of rotatable bonds is 7. The van der Waals surface area contributed by atoms with Crippen LogP contribution in [-0.2, 0) is 0 Å². The van der Waals surface area contributed by atoms with Gasteiger partial charge < -0.3 is 4.90 Å². The number of para-hydroxylation sites is 3. The number of anilines is 6. The van der Waals surface area contributed by atoms with Crippen LogP contribution in [0.1, 0.15) is 0 Å². The van der Waals surface area contributed by atoms with E-state index in [2.05, 4.69) is 204 Å². The molecule has 0 radical (unpaired) electrons. The molecule has 0 saturated carbocycles. The Bertz CT molecular complexity index is 2790. The summed E-state index contributed by atoms with van der Waals surface area (Å²) in [6, 6.07) is 69.4. The zero-order chi connectivity index (χ0) is 34.4. The van der Waals surface area contributed by atoms with E-state index in [0.717, 1.165) is 39.8 Å². The van der Waals surface area contributed by atoms with E-state index in [-0.39, 0.29) is 0 Å². The van der Waals surface area contributed by atoms with Gasteiger partial charge in [0.25, 0.3) is 0 Å². The zero-order valence-corrected chi connectivity index (χ0v) is 28.4. The van der Waals surface area contributed by atoms with Crippen LogP contribution in [-0.4, -0.2) is 4.98 Å². The molecule has 0 fully saturated rings. The predicted octanol–water partition coefficient (Wildman–Crippen LogP) is 13.7. The Morgan fingerprint density at radius 1 is 0.327 bits per heavy atom. The second-order valence-corrected chi connectivity index (χ2v) is 13.2. The molecule has 10 rings (SSSR count). The summed E-state index contributed by atoms with van der Waals surface area (Å²) in [5.41, 5.74) is 7.82. The molecule has 1 aromatic heterocycles. The van der Waals surface area contributed by atoms with E-state index in [9.17, 15) is 0 Å². The lowest BCUT2D eigenvalue weighted by Gasteiger charge is -2.29. The highest BCUT2D eigenvalue weighted by atomic mass is 15.2. The van der Waals surface area contributed by atoms with Crippen LogP contribution < -0.4 is 9.80 Å². The van der Waals surface area contributed by atoms with Crippen molar-refractivity contribution in [1.29, 1.82) is 0 Å². The van der Waals surface area contributed by atoms with E-state index in [1.807, 2.05) is 6.20 Å². The first-order chi connectivity index (χ1) is 25.8. The molecule has 0 saturated heterocycles. The number of aromatic nitrogens is 1. The standard InChI is InChI=1S/C49H33N3/c1-4-15-38(16-5-1)51(39-17-6-2-7-18-39)45-30-25-35-24-29-44-46(31-26-36-23-28-43(45)48(35)49(36)44)52(40-19-8-3-9-20-40)47-32-27-37(33-50-47)42-22-12-14-34-13-10-11-21-41(34)42/h1-33H. The molecule has 3 nitrogen and oxygen atoms in total. The third kappa shape index (κ3) is 4.94. The molecular formula is C49H33N3. The maximum atomic E-state index is 5.15. The highest BCUT2D eigenvalue weighted by molar-refractivity contribution is 6.28. The lowest BCUT2D eigenvalue weighted by Crippen LogP contribution is -2.12. The molecule has 1 heterocycles. The van der Waals surface area contributed by atoms with E-state index >= 15 is 0 Å². The molecule has 0 atom stereocenters. The molecule has 0 N–H and O–H groups in total. The van der Waals surface area contributed by atoms with Gasteiger partial charge in [-0.15, -0.1) is 0 Å². The van der Waals surface area contributed by atoms with Crippen LogP contribution in [0.15, 0.2) is 200 Å². The van der Waals surface area contributed by atoms with Gasteiger partial charge in [0.1, 0.15) is 5.82 Å². The maximum Gasteiger partial charge on any atom is 0.137 e. The van der Waals surface area contributed by atoms with Crippen molar-refractivity contribution < 1.29 is 0 Å². The van der Waals surface area contributed by atoms with Crippen LogP contribution in [0, 0.1) is 0 Å². The van der Waals surface area contributed by atoms with Crippen molar-refractivity contribution in [1.82, 2.24) is 4.98 Å². The Kier molecular flexibility index (Phi) is 7.14. The summed E-state index contributed by atoms with van der Waals surface area (Å²) in [4.78, 5) is 9.80. The van der Waals surface area contributed by atoms with Crippen LogP contribution in [0.2, 0.25) is 0 Å². The lowest BCUT2D eigenvalue weighted by molar-refractivity contribution is 1.19. The first-order valence-corrected chi connectivity index (χ1v) is 17.7. The Morgan fingerprint density at radius 3 is 1.40 bits per heavy atom. The summed E-state index contributed by atoms with van der Waals surface area (Å²) in [6.45, 7) is 0. The third-order valence-corrected chi connectivity index (χ3v) is 10.2. The second-order valence-electron chi connectivity index (χ2n) is 13.2. The second kappa shape index (κ2) is 12.4. The van der Waals surface area contributed by atoms with Crippen molar-refractivity contribution in [2.24, 2.45) is 0 Å². The normalized spacial score (nSPS) is 11.5. The van der Waals surface area contributed by atoms with E-state index in [1.54, 1.807) is 0 Å². The fourth-order valence-electron chi connectivity index (χ4n) is 7.87. The summed E-state index contributed by atoms with van der Waals surface area (Å²) in [7, 11) is 0. The third-order valence-electron chi connectivity index (χ3n) is 10.2. The van der Waals surface area contributed by atoms with Gasteiger partial charge >= 0.3 is 0 Å². The molecular weight excluding hydrogens is 631 g/mol. The van der Waals surface area contributed by atoms with Crippen molar-refractivity contribution in [3.63, 3.8) is 0 Å². The first kappa shape index (κ1) is 29.9. The van der Waals surface area contributed by atoms with Crippen LogP contribution >= 0.6 is 0 Å². The van der Waals surface area contributed by atoms with Crippen molar-refractivity contribution in [2.45, 2.75) is 0 Å². The predicted molar refractivity (Wildman–Crippen MR) is 220 cm³/mol. The van der Waals surface area contributed by atoms with E-state index in [1.165, 1.54) is 48.7 Å². The Hall–Kier alpha value is -6.97. The van der Waals surface area contributed by atoms with Crippen LogP contribution in [0.25, 0.3) is 54.2 Å². The van der Waals surface area contributed by atoms with Crippen molar-refractivity contribution >= 4 is 77.3 Å². The summed E-state index contributed by atoms with van der Waals surface area (Å²) in [5, 5.41) is 9.80. The number of nitrogens with zero attached hydrogens (tertiary/aromatic N) is 3. The topological polar surface area (TPSA) is 19.4 Å². The van der Waals surface area contributed by atoms with Crippen molar-refractivity contribution in [2.75, 3.05) is 9.80 Å². The van der Waals surface area contributed by atoms with Gasteiger partial charge in [0.2, 0.25) is 0 Å². The molecule has 9 aromatic carbocycles. The number of pyridine rings is 1. The summed E-state index contributed by atoms with van der Waals surface area (Å²) < 4.78 is 0. The Balaban J connectivity index is 1.17. The molecule has 10 aromatic rings. The van der Waals surface area contributed by atoms with Crippen LogP contribution in [0.3, 0.4) is 0 Å². The molecule has 0 amide bonds. The molecule has 0 aliphatic heterocycles. The molecule has 0 aliphatic rings. The molecule has 0 unspecified atom stereocenters. The number of benzene rings is 9. The van der Waals surface area contributed by atoms with Crippen LogP contribution in [0.5, 0.6) is 0 Å². The maximum absolute atomic E-state index is 5.15. The van der Waals surface area contributed by atoms with Crippen LogP contribution in [0.4, 0.5) is 34.3 Å². The average molecular weight is 664 g/mol. The fourth-order valence-corrected chi connectivity index (χ4v) is 7.87. The number of hydrogen-bond acceptors (Lipinski definition) is 3. The molecule has 3 heteroatoms. The van der Waals surface area contributed by atoms with Gasteiger partial charge in [-0.1, -0.05) is 133 Å². The van der Waals surface area contributed by atoms with Gasteiger partial charge in [-0.2, -0.15) is 0 Å². The minimum absolute atomic E-state index is 0.866. The van der Waals surface area contributed by atoms with E-state index < -0.39 is 0 Å². The first-order valence-electron chi connectivity index (χ1n) is 17.7. The lowest BCUT2D eigenvalue weighted by atomic mass is 9.92. The zero-order valence-electron chi connectivity index (χ0n) is 28.4. The van der Waals surface area contributed by atoms with Gasteiger partial charge in [-0.05, 0) is 98.5 Å². The SMILES string of the molecule is c1ccc(N(c2ccccc2)c2ccc3ccc4c(N(c5ccccc5)c5ccc(-c6cccc7ccccc67)cn5)ccc5ccc2c3c54)cc1. The monoisotopic (exact) mass is 663 g/mol. The van der Waals surface area contributed by atoms with Crippen molar-refractivity contribution in [3.8, 4) is 11.1 Å². The Morgan fingerprint density at radius 2 is 0.827 bits per heavy atom. The largest absolute Gasteiger partial charge is 0.310 e. The number of fused-ring (bicyclic) bond motifs is 1. The van der Waals surface area contributed by atoms with E-state index in [0.29, 0.717) is 0 Å². The molecule has 0 spiro atoms. The number of hydrogen-bond donors (Lipinski definition) is 0. The molecule has 52 heavy (non-hydrogen) atoms. The van der Waals surface area contributed by atoms with Gasteiger partial charge in [0.05, 0.1) is 11.4 Å². The van der Waals surface area contributed by atoms with Gasteiger partial charge in [-0.3, -0.25) is 4.90 Å². The highest BCUT2D eigenvalue weighted by Gasteiger charge is 2.22. The summed E-state index contributed by atoms with van der Waals surface area (Å²) >= 11 is 0. The molecule has 0 bridgehead atoms. The van der Waals surface area contributed by atoms with Gasteiger partial charge in [0.15, 0.2) is 0 Å². The average Bonchev–Trinajstić information content (AvgIpc) is 3.22. The van der Waals surface area contributed by atoms with Gasteiger partial charge in [0, 0.05) is 39.6 Å². The summed E-state index contributed by atoms with van der Waals surface area (Å²) in [5.74, 6) is 0.866. The molecule has 244 valence electrons. The Labute approximate surface area is 302 Å². The minimum Gasteiger partial charge on any atom is -0.310 e. The smallest absolute Gasteiger partial charge is 0.137 e. The molecule has 0 aliphatic carbocycles. The highest BCUT2D eigenvalue weighted by Crippen LogP contribution is 2.47. The van der Waals surface area contributed by atoms with E-state index in [4.69, 9.17) is 4.98 Å². The van der Waals surface area contributed by atoms with Crippen molar-refractivity contribution in [3.05, 3.63) is 200 Å². The minimum atomic E-state index is 0.866.